The number of carbonyl (C=O) groups is 2. The van der Waals surface area contributed by atoms with Crippen LogP contribution in [0.25, 0.3) is 0 Å². The lowest BCUT2D eigenvalue weighted by Gasteiger charge is -2.32. The largest absolute Gasteiger partial charge is 0.493 e. The Morgan fingerprint density at radius 3 is 2.48 bits per heavy atom. The Balaban J connectivity index is 1.67. The maximum atomic E-state index is 12.3. The zero-order valence-electron chi connectivity index (χ0n) is 15.2. The maximum Gasteiger partial charge on any atom is 0.225 e. The minimum Gasteiger partial charge on any atom is -0.493 e. The van der Waals surface area contributed by atoms with E-state index in [-0.39, 0.29) is 17.7 Å². The van der Waals surface area contributed by atoms with Crippen molar-refractivity contribution < 1.29 is 14.3 Å². The molecule has 1 aliphatic rings. The van der Waals surface area contributed by atoms with Gasteiger partial charge in [0.1, 0.15) is 5.75 Å². The molecule has 1 heterocycles. The molecule has 1 saturated heterocycles. The van der Waals surface area contributed by atoms with Gasteiger partial charge in [-0.1, -0.05) is 18.2 Å². The molecule has 0 bridgehead atoms. The number of likely N-dealkylation sites (tertiary alicyclic amines) is 1. The number of nitrogens with one attached hydrogen (secondary N) is 1. The van der Waals surface area contributed by atoms with Crippen LogP contribution in [0.2, 0.25) is 0 Å². The Labute approximate surface area is 149 Å². The second-order valence-corrected chi connectivity index (χ2v) is 7.27. The predicted molar refractivity (Wildman–Crippen MR) is 97.1 cm³/mol. The van der Waals surface area contributed by atoms with Gasteiger partial charge in [-0.3, -0.25) is 9.59 Å². The van der Waals surface area contributed by atoms with Gasteiger partial charge in [0.2, 0.25) is 11.8 Å². The molecule has 0 atom stereocenters. The summed E-state index contributed by atoms with van der Waals surface area (Å²) in [4.78, 5) is 26.2. The van der Waals surface area contributed by atoms with Gasteiger partial charge in [0.25, 0.3) is 0 Å². The van der Waals surface area contributed by atoms with Gasteiger partial charge in [-0.15, -0.1) is 0 Å². The van der Waals surface area contributed by atoms with Crippen LogP contribution in [0.1, 0.15) is 33.1 Å². The number of benzene rings is 1. The molecule has 6 nitrogen and oxygen atoms in total. The summed E-state index contributed by atoms with van der Waals surface area (Å²) in [7, 11) is 0. The van der Waals surface area contributed by atoms with Gasteiger partial charge in [0, 0.05) is 31.1 Å². The van der Waals surface area contributed by atoms with E-state index in [1.807, 2.05) is 49.1 Å². The maximum absolute atomic E-state index is 12.3. The highest BCUT2D eigenvalue weighted by Crippen LogP contribution is 2.18. The molecule has 1 aromatic rings. The van der Waals surface area contributed by atoms with Gasteiger partial charge in [0.15, 0.2) is 0 Å². The van der Waals surface area contributed by atoms with Gasteiger partial charge >= 0.3 is 0 Å². The average molecular weight is 347 g/mol. The van der Waals surface area contributed by atoms with Crippen molar-refractivity contribution in [3.05, 3.63) is 30.3 Å². The van der Waals surface area contributed by atoms with Gasteiger partial charge in [0.05, 0.1) is 13.0 Å². The summed E-state index contributed by atoms with van der Waals surface area (Å²) >= 11 is 0. The summed E-state index contributed by atoms with van der Waals surface area (Å²) in [6, 6.07) is 9.47. The van der Waals surface area contributed by atoms with E-state index in [0.717, 1.165) is 5.75 Å². The standard InChI is InChI=1S/C19H29N3O3/c1-19(2,20)14-21-18(24)15-8-11-22(12-9-15)17(23)10-13-25-16-6-4-3-5-7-16/h3-7,15H,8-14,20H2,1-2H3,(H,21,24). The normalized spacial score (nSPS) is 15.7. The molecule has 1 aromatic carbocycles. The SMILES string of the molecule is CC(C)(N)CNC(=O)C1CCN(C(=O)CCOc2ccccc2)CC1. The third-order valence-electron chi connectivity index (χ3n) is 4.26. The second kappa shape index (κ2) is 8.85. The van der Waals surface area contributed by atoms with Crippen LogP contribution in [0.5, 0.6) is 5.75 Å². The predicted octanol–water partition coefficient (Wildman–Crippen LogP) is 1.55. The molecular weight excluding hydrogens is 318 g/mol. The van der Waals surface area contributed by atoms with Crippen LogP contribution in [0.3, 0.4) is 0 Å². The average Bonchev–Trinajstić information content (AvgIpc) is 2.60. The molecule has 138 valence electrons. The lowest BCUT2D eigenvalue weighted by Crippen LogP contribution is -2.48. The van der Waals surface area contributed by atoms with E-state index in [9.17, 15) is 9.59 Å². The van der Waals surface area contributed by atoms with Crippen LogP contribution in [0, 0.1) is 5.92 Å². The Kier molecular flexibility index (Phi) is 6.82. The van der Waals surface area contributed by atoms with Crippen LogP contribution >= 0.6 is 0 Å². The Hall–Kier alpha value is -2.08. The molecule has 2 amide bonds. The molecule has 0 radical (unpaired) electrons. The zero-order chi connectivity index (χ0) is 18.3. The highest BCUT2D eigenvalue weighted by atomic mass is 16.5. The summed E-state index contributed by atoms with van der Waals surface area (Å²) < 4.78 is 5.57. The second-order valence-electron chi connectivity index (χ2n) is 7.27. The number of hydrogen-bond donors (Lipinski definition) is 2. The van der Waals surface area contributed by atoms with Crippen molar-refractivity contribution in [2.24, 2.45) is 11.7 Å². The number of para-hydroxylation sites is 1. The first-order valence-corrected chi connectivity index (χ1v) is 8.87. The fourth-order valence-corrected chi connectivity index (χ4v) is 2.78. The van der Waals surface area contributed by atoms with Crippen LogP contribution in [-0.2, 0) is 9.59 Å². The fraction of sp³-hybridized carbons (Fsp3) is 0.579. The van der Waals surface area contributed by atoms with Crippen molar-refractivity contribution in [1.29, 1.82) is 0 Å². The van der Waals surface area contributed by atoms with E-state index in [1.165, 1.54) is 0 Å². The van der Waals surface area contributed by atoms with Crippen molar-refractivity contribution in [2.75, 3.05) is 26.2 Å². The van der Waals surface area contributed by atoms with Crippen molar-refractivity contribution in [1.82, 2.24) is 10.2 Å². The number of carbonyl (C=O) groups excluding carboxylic acids is 2. The number of nitrogens with two attached hydrogens (primary N) is 1. The first-order chi connectivity index (χ1) is 11.8. The van der Waals surface area contributed by atoms with E-state index in [1.54, 1.807) is 0 Å². The highest BCUT2D eigenvalue weighted by molar-refractivity contribution is 5.80. The van der Waals surface area contributed by atoms with Crippen LogP contribution in [0.4, 0.5) is 0 Å². The molecule has 0 aromatic heterocycles. The first-order valence-electron chi connectivity index (χ1n) is 8.87. The summed E-state index contributed by atoms with van der Waals surface area (Å²) in [5.41, 5.74) is 5.47. The summed E-state index contributed by atoms with van der Waals surface area (Å²) in [6.07, 6.45) is 1.75. The van der Waals surface area contributed by atoms with Gasteiger partial charge < -0.3 is 20.7 Å². The van der Waals surface area contributed by atoms with E-state index in [4.69, 9.17) is 10.5 Å². The molecule has 1 aliphatic heterocycles. The summed E-state index contributed by atoms with van der Waals surface area (Å²) in [6.45, 7) is 5.83. The highest BCUT2D eigenvalue weighted by Gasteiger charge is 2.27. The minimum atomic E-state index is -0.412. The number of rotatable bonds is 7. The smallest absolute Gasteiger partial charge is 0.225 e. The molecule has 0 aliphatic carbocycles. The molecule has 0 saturated carbocycles. The summed E-state index contributed by atoms with van der Waals surface area (Å²) in [5, 5.41) is 2.90. The van der Waals surface area contributed by atoms with Crippen LogP contribution in [0.15, 0.2) is 30.3 Å². The molecule has 1 fully saturated rings. The molecule has 25 heavy (non-hydrogen) atoms. The Morgan fingerprint density at radius 1 is 1.24 bits per heavy atom. The van der Waals surface area contributed by atoms with Crippen molar-refractivity contribution >= 4 is 11.8 Å². The van der Waals surface area contributed by atoms with Crippen LogP contribution < -0.4 is 15.8 Å². The molecule has 2 rings (SSSR count). The van der Waals surface area contributed by atoms with E-state index in [2.05, 4.69) is 5.32 Å². The van der Waals surface area contributed by atoms with Crippen LogP contribution in [-0.4, -0.2) is 48.5 Å². The number of ether oxygens (including phenoxy) is 1. The zero-order valence-corrected chi connectivity index (χ0v) is 15.2. The monoisotopic (exact) mass is 347 g/mol. The summed E-state index contributed by atoms with van der Waals surface area (Å²) in [5.74, 6) is 0.858. The van der Waals surface area contributed by atoms with Crippen molar-refractivity contribution in [3.8, 4) is 5.75 Å². The van der Waals surface area contributed by atoms with Gasteiger partial charge in [-0.2, -0.15) is 0 Å². The van der Waals surface area contributed by atoms with E-state index < -0.39 is 5.54 Å². The number of hydrogen-bond acceptors (Lipinski definition) is 4. The van der Waals surface area contributed by atoms with Gasteiger partial charge in [-0.05, 0) is 38.8 Å². The van der Waals surface area contributed by atoms with E-state index in [0.29, 0.717) is 45.5 Å². The van der Waals surface area contributed by atoms with E-state index >= 15 is 0 Å². The number of piperidine rings is 1. The molecule has 0 unspecified atom stereocenters. The molecule has 3 N–H and O–H groups in total. The van der Waals surface area contributed by atoms with Gasteiger partial charge in [-0.25, -0.2) is 0 Å². The number of amides is 2. The molecule has 0 spiro atoms. The quantitative estimate of drug-likeness (QED) is 0.784. The third-order valence-corrected chi connectivity index (χ3v) is 4.26. The molecular formula is C19H29N3O3. The third kappa shape index (κ3) is 6.74. The lowest BCUT2D eigenvalue weighted by molar-refractivity contribution is -0.136. The van der Waals surface area contributed by atoms with Crippen molar-refractivity contribution in [3.63, 3.8) is 0 Å². The Bertz CT molecular complexity index is 561. The van der Waals surface area contributed by atoms with Crippen molar-refractivity contribution in [2.45, 2.75) is 38.6 Å². The molecule has 6 heteroatoms. The topological polar surface area (TPSA) is 84.7 Å². The lowest BCUT2D eigenvalue weighted by atomic mass is 9.95. The first kappa shape index (κ1) is 19.2. The number of nitrogens with zero attached hydrogens (tertiary/aromatic N) is 1. The fourth-order valence-electron chi connectivity index (χ4n) is 2.78. The Morgan fingerprint density at radius 2 is 1.88 bits per heavy atom. The minimum absolute atomic E-state index is 0.0352.